The normalized spacial score (nSPS) is 18.0. The number of hydrazine groups is 1. The van der Waals surface area contributed by atoms with E-state index in [-0.39, 0.29) is 56.7 Å². The Bertz CT molecular complexity index is 1810. The van der Waals surface area contributed by atoms with E-state index in [1.807, 2.05) is 36.4 Å². The number of nitrogens with two attached hydrogens (primary N) is 1. The topological polar surface area (TPSA) is 168 Å². The number of ether oxygens (including phenoxy) is 1. The van der Waals surface area contributed by atoms with Gasteiger partial charge in [-0.05, 0) is 47.0 Å². The van der Waals surface area contributed by atoms with Crippen molar-refractivity contribution in [1.29, 1.82) is 5.26 Å². The fraction of sp³-hybridized carbons (Fsp3) is 0.281. The highest BCUT2D eigenvalue weighted by Gasteiger charge is 2.52. The van der Waals surface area contributed by atoms with E-state index >= 15 is 0 Å². The Morgan fingerprint density at radius 3 is 2.61 bits per heavy atom. The zero-order valence-corrected chi connectivity index (χ0v) is 25.8. The molecule has 0 aliphatic carbocycles. The summed E-state index contributed by atoms with van der Waals surface area (Å²) in [6, 6.07) is 20.0. The first-order chi connectivity index (χ1) is 22.2. The van der Waals surface area contributed by atoms with Crippen molar-refractivity contribution in [2.24, 2.45) is 0 Å². The minimum absolute atomic E-state index is 0.0880. The fourth-order valence-electron chi connectivity index (χ4n) is 5.96. The number of hydrogen-bond donors (Lipinski definition) is 3. The number of thiazole rings is 1. The lowest BCUT2D eigenvalue weighted by Crippen LogP contribution is -2.66. The van der Waals surface area contributed by atoms with Gasteiger partial charge >= 0.3 is 6.03 Å². The summed E-state index contributed by atoms with van der Waals surface area (Å²) in [5.74, 6) is 0.187. The molecule has 2 aliphatic rings. The van der Waals surface area contributed by atoms with Crippen molar-refractivity contribution in [3.63, 3.8) is 0 Å². The predicted octanol–water partition coefficient (Wildman–Crippen LogP) is 2.67. The average Bonchev–Trinajstić information content (AvgIpc) is 3.60. The van der Waals surface area contributed by atoms with Crippen molar-refractivity contribution in [3.8, 4) is 17.6 Å². The minimum Gasteiger partial charge on any atom is -0.508 e. The zero-order chi connectivity index (χ0) is 32.4. The standard InChI is InChI=1S/C32H32N8O5S/c1-45-24-11-7-21(8-12-24)16-35-32(44)38(14-13-33)39-19-28(42)40-25(15-20-5-9-23(41)10-6-20)30(43)37(18-27(39)40)17-22-3-2-4-26-29(22)36-31(34)46-26/h2-12,25,27,41H,14-19H2,1H3,(H2,34,36)(H,35,44)/t25-,27+/m0/s1. The van der Waals surface area contributed by atoms with Crippen LogP contribution in [0.2, 0.25) is 0 Å². The van der Waals surface area contributed by atoms with Gasteiger partial charge in [-0.1, -0.05) is 47.7 Å². The highest BCUT2D eigenvalue weighted by atomic mass is 32.1. The molecule has 0 bridgehead atoms. The maximum absolute atomic E-state index is 14.1. The number of aromatic hydroxyl groups is 1. The van der Waals surface area contributed by atoms with Crippen LogP contribution in [0.25, 0.3) is 10.2 Å². The first kappa shape index (κ1) is 30.6. The molecule has 2 aliphatic heterocycles. The van der Waals surface area contributed by atoms with Gasteiger partial charge in [0.25, 0.3) is 0 Å². The van der Waals surface area contributed by atoms with E-state index in [4.69, 9.17) is 10.5 Å². The van der Waals surface area contributed by atoms with E-state index < -0.39 is 18.2 Å². The number of nitrogen functional groups attached to an aromatic ring is 1. The van der Waals surface area contributed by atoms with Gasteiger partial charge in [0.15, 0.2) is 5.13 Å². The third-order valence-corrected chi connectivity index (χ3v) is 9.03. The van der Waals surface area contributed by atoms with E-state index in [0.717, 1.165) is 21.4 Å². The Balaban J connectivity index is 1.30. The van der Waals surface area contributed by atoms with Gasteiger partial charge in [0.05, 0.1) is 36.5 Å². The molecule has 2 atom stereocenters. The van der Waals surface area contributed by atoms with E-state index in [2.05, 4.69) is 10.3 Å². The second kappa shape index (κ2) is 12.9. The number of aromatic nitrogens is 1. The van der Waals surface area contributed by atoms with Gasteiger partial charge in [-0.3, -0.25) is 9.59 Å². The summed E-state index contributed by atoms with van der Waals surface area (Å²) < 4.78 is 6.09. The maximum atomic E-state index is 14.1. The Morgan fingerprint density at radius 1 is 1.15 bits per heavy atom. The second-order valence-corrected chi connectivity index (χ2v) is 12.1. The molecule has 2 saturated heterocycles. The summed E-state index contributed by atoms with van der Waals surface area (Å²) in [5, 5.41) is 25.6. The van der Waals surface area contributed by atoms with Crippen LogP contribution in [0.5, 0.6) is 11.5 Å². The lowest BCUT2D eigenvalue weighted by atomic mass is 9.99. The van der Waals surface area contributed by atoms with Crippen LogP contribution in [0.4, 0.5) is 9.93 Å². The molecule has 46 heavy (non-hydrogen) atoms. The van der Waals surface area contributed by atoms with E-state index in [9.17, 15) is 24.8 Å². The van der Waals surface area contributed by atoms with Crippen molar-refractivity contribution in [1.82, 2.24) is 30.1 Å². The molecule has 2 fully saturated rings. The third-order valence-electron chi connectivity index (χ3n) is 8.18. The molecule has 0 unspecified atom stereocenters. The monoisotopic (exact) mass is 640 g/mol. The van der Waals surface area contributed by atoms with Gasteiger partial charge in [-0.25, -0.2) is 14.8 Å². The summed E-state index contributed by atoms with van der Waals surface area (Å²) >= 11 is 1.36. The number of phenolic OH excluding ortho intramolecular Hbond substituents is 1. The van der Waals surface area contributed by atoms with Crippen LogP contribution in [0, 0.1) is 11.3 Å². The molecule has 3 aromatic carbocycles. The molecule has 4 aromatic rings. The number of carbonyl (C=O) groups is 3. The minimum atomic E-state index is -0.883. The third kappa shape index (κ3) is 6.10. The smallest absolute Gasteiger partial charge is 0.333 e. The summed E-state index contributed by atoms with van der Waals surface area (Å²) in [4.78, 5) is 49.0. The van der Waals surface area contributed by atoms with Crippen LogP contribution in [0.1, 0.15) is 16.7 Å². The zero-order valence-electron chi connectivity index (χ0n) is 25.0. The number of amides is 4. The average molecular weight is 641 g/mol. The van der Waals surface area contributed by atoms with Gasteiger partial charge < -0.3 is 30.7 Å². The molecule has 4 amide bonds. The van der Waals surface area contributed by atoms with Crippen LogP contribution >= 0.6 is 11.3 Å². The number of nitrogens with zero attached hydrogens (tertiary/aromatic N) is 6. The van der Waals surface area contributed by atoms with Crippen LogP contribution in [0.3, 0.4) is 0 Å². The number of urea groups is 1. The summed E-state index contributed by atoms with van der Waals surface area (Å²) in [5.41, 5.74) is 9.08. The van der Waals surface area contributed by atoms with Gasteiger partial charge in [0, 0.05) is 19.5 Å². The first-order valence-electron chi connectivity index (χ1n) is 14.6. The Labute approximate surface area is 269 Å². The highest BCUT2D eigenvalue weighted by molar-refractivity contribution is 7.22. The number of phenols is 1. The Hall–Kier alpha value is -5.39. The van der Waals surface area contributed by atoms with Crippen molar-refractivity contribution in [2.75, 3.05) is 32.5 Å². The lowest BCUT2D eigenvalue weighted by Gasteiger charge is -2.46. The number of fused-ring (bicyclic) bond motifs is 2. The number of carbonyl (C=O) groups excluding carboxylic acids is 3. The van der Waals surface area contributed by atoms with E-state index in [0.29, 0.717) is 16.4 Å². The molecule has 0 radical (unpaired) electrons. The number of hydrogen-bond acceptors (Lipinski definition) is 10. The molecule has 1 aromatic heterocycles. The number of methoxy groups -OCH3 is 1. The van der Waals surface area contributed by atoms with Crippen molar-refractivity contribution in [2.45, 2.75) is 31.7 Å². The molecule has 3 heterocycles. The Morgan fingerprint density at radius 2 is 1.89 bits per heavy atom. The van der Waals surface area contributed by atoms with Crippen LogP contribution < -0.4 is 15.8 Å². The lowest BCUT2D eigenvalue weighted by molar-refractivity contribution is -0.157. The van der Waals surface area contributed by atoms with E-state index in [1.54, 1.807) is 41.3 Å². The largest absolute Gasteiger partial charge is 0.508 e. The van der Waals surface area contributed by atoms with E-state index in [1.165, 1.54) is 33.4 Å². The summed E-state index contributed by atoms with van der Waals surface area (Å²) in [7, 11) is 1.57. The number of piperazine rings is 1. The van der Waals surface area contributed by atoms with Gasteiger partial charge in [-0.15, -0.1) is 0 Å². The molecule has 13 nitrogen and oxygen atoms in total. The first-order valence-corrected chi connectivity index (χ1v) is 15.4. The van der Waals surface area contributed by atoms with Crippen LogP contribution in [-0.2, 0) is 29.1 Å². The molecule has 0 spiro atoms. The molecule has 6 rings (SSSR count). The number of nitriles is 1. The number of rotatable bonds is 9. The number of anilines is 1. The molecular weight excluding hydrogens is 608 g/mol. The molecule has 236 valence electrons. The van der Waals surface area contributed by atoms with Crippen molar-refractivity contribution >= 4 is 44.5 Å². The SMILES string of the molecule is COc1ccc(CNC(=O)N(CC#N)N2CC(=O)N3[C@@H](Cc4ccc(O)cc4)C(=O)N(Cc4cccc5sc(N)nc45)C[C@@H]32)cc1. The Kier molecular flexibility index (Phi) is 8.60. The van der Waals surface area contributed by atoms with Crippen molar-refractivity contribution < 1.29 is 24.2 Å². The summed E-state index contributed by atoms with van der Waals surface area (Å²) in [6.45, 7) is 0.00357. The van der Waals surface area contributed by atoms with Crippen molar-refractivity contribution in [3.05, 3.63) is 83.4 Å². The quantitative estimate of drug-likeness (QED) is 0.233. The van der Waals surface area contributed by atoms with Crippen LogP contribution in [0.15, 0.2) is 66.7 Å². The van der Waals surface area contributed by atoms with Gasteiger partial charge in [0.2, 0.25) is 11.8 Å². The number of nitrogens with one attached hydrogen (secondary N) is 1. The second-order valence-electron chi connectivity index (χ2n) is 11.0. The van der Waals surface area contributed by atoms with Crippen LogP contribution in [-0.4, -0.2) is 86.7 Å². The number of para-hydroxylation sites is 1. The molecule has 4 N–H and O–H groups in total. The highest BCUT2D eigenvalue weighted by Crippen LogP contribution is 2.32. The van der Waals surface area contributed by atoms with Gasteiger partial charge in [0.1, 0.15) is 30.3 Å². The number of benzene rings is 3. The predicted molar refractivity (Wildman–Crippen MR) is 170 cm³/mol. The molecule has 14 heteroatoms. The summed E-state index contributed by atoms with van der Waals surface area (Å²) in [6.07, 6.45) is -0.520. The molecule has 0 saturated carbocycles. The molecular formula is C32H32N8O5S. The fourth-order valence-corrected chi connectivity index (χ4v) is 6.74. The maximum Gasteiger partial charge on any atom is 0.333 e. The van der Waals surface area contributed by atoms with Gasteiger partial charge in [-0.2, -0.15) is 10.3 Å².